The minimum Gasteiger partial charge on any atom is -0.467 e. The van der Waals surface area contributed by atoms with Crippen molar-refractivity contribution in [1.82, 2.24) is 16.0 Å². The first-order chi connectivity index (χ1) is 14.4. The molecule has 0 saturated carbocycles. The minimum atomic E-state index is -1.11. The van der Waals surface area contributed by atoms with E-state index in [9.17, 15) is 19.2 Å². The van der Waals surface area contributed by atoms with Gasteiger partial charge in [0, 0.05) is 0 Å². The number of nitrogens with one attached hydrogen (secondary N) is 3. The Morgan fingerprint density at radius 3 is 2.13 bits per heavy atom. The van der Waals surface area contributed by atoms with Crippen LogP contribution in [0, 0.1) is 0 Å². The van der Waals surface area contributed by atoms with E-state index in [1.54, 1.807) is 26.8 Å². The summed E-state index contributed by atoms with van der Waals surface area (Å²) in [5.74, 6) is -1.84. The zero-order valence-electron chi connectivity index (χ0n) is 19.0. The zero-order chi connectivity index (χ0) is 24.0. The molecular formula is C21H35N3O7. The van der Waals surface area contributed by atoms with Crippen LogP contribution < -0.4 is 16.0 Å². The molecule has 0 heterocycles. The molecule has 0 radical (unpaired) electrons. The fourth-order valence-electron chi connectivity index (χ4n) is 2.25. The molecule has 3 atom stereocenters. The molecule has 0 fully saturated rings. The number of carbonyl (C=O) groups is 4. The third-order valence-corrected chi connectivity index (χ3v) is 3.74. The van der Waals surface area contributed by atoms with Crippen LogP contribution in [0.1, 0.15) is 40.5 Å². The number of ether oxygens (including phenoxy) is 3. The highest BCUT2D eigenvalue weighted by Crippen LogP contribution is 2.07. The molecule has 0 unspecified atom stereocenters. The molecule has 10 nitrogen and oxygen atoms in total. The number of esters is 1. The van der Waals surface area contributed by atoms with Gasteiger partial charge in [0.05, 0.1) is 20.3 Å². The van der Waals surface area contributed by atoms with Crippen LogP contribution in [0.5, 0.6) is 0 Å². The Balaban J connectivity index is 5.07. The molecule has 0 rings (SSSR count). The number of rotatable bonds is 13. The van der Waals surface area contributed by atoms with Gasteiger partial charge in [-0.2, -0.15) is 0 Å². The summed E-state index contributed by atoms with van der Waals surface area (Å²) in [6.45, 7) is 13.6. The third kappa shape index (κ3) is 12.4. The summed E-state index contributed by atoms with van der Waals surface area (Å²) in [4.78, 5) is 49.0. The molecule has 0 spiro atoms. The maximum absolute atomic E-state index is 12.6. The molecule has 3 amide bonds. The minimum absolute atomic E-state index is 0.157. The largest absolute Gasteiger partial charge is 0.467 e. The summed E-state index contributed by atoms with van der Waals surface area (Å²) in [6, 6.07) is -2.98. The van der Waals surface area contributed by atoms with Crippen LogP contribution in [-0.4, -0.2) is 67.9 Å². The molecule has 31 heavy (non-hydrogen) atoms. The summed E-state index contributed by atoms with van der Waals surface area (Å²) in [6.07, 6.45) is 3.10. The molecule has 0 saturated heterocycles. The average Bonchev–Trinajstić information content (AvgIpc) is 2.68. The number of amides is 3. The van der Waals surface area contributed by atoms with Crippen molar-refractivity contribution < 1.29 is 33.4 Å². The van der Waals surface area contributed by atoms with Crippen molar-refractivity contribution in [3.8, 4) is 0 Å². The molecule has 0 aliphatic rings. The first-order valence-corrected chi connectivity index (χ1v) is 9.92. The number of carbonyl (C=O) groups excluding carboxylic acids is 4. The van der Waals surface area contributed by atoms with Crippen molar-refractivity contribution in [3.05, 3.63) is 25.3 Å². The summed E-state index contributed by atoms with van der Waals surface area (Å²) in [7, 11) is 1.22. The van der Waals surface area contributed by atoms with Gasteiger partial charge in [0.25, 0.3) is 0 Å². The lowest BCUT2D eigenvalue weighted by molar-refractivity contribution is -0.145. The predicted octanol–water partition coefficient (Wildman–Crippen LogP) is 1.21. The van der Waals surface area contributed by atoms with E-state index in [1.807, 2.05) is 0 Å². The normalized spacial score (nSPS) is 13.7. The highest BCUT2D eigenvalue weighted by molar-refractivity contribution is 5.92. The van der Waals surface area contributed by atoms with Crippen LogP contribution >= 0.6 is 0 Å². The fraction of sp³-hybridized carbons (Fsp3) is 0.619. The molecular weight excluding hydrogens is 406 g/mol. The highest BCUT2D eigenvalue weighted by Gasteiger charge is 2.28. The second-order valence-corrected chi connectivity index (χ2v) is 7.71. The van der Waals surface area contributed by atoms with Crippen LogP contribution in [0.2, 0.25) is 0 Å². The van der Waals surface area contributed by atoms with Gasteiger partial charge < -0.3 is 30.2 Å². The molecule has 10 heteroatoms. The SMILES string of the molecule is C=CCC[C@H](NC(=O)[C@H](C)NC(=O)[C@H](COCC=C)NC(=O)OC(C)(C)C)C(=O)OC. The zero-order valence-corrected chi connectivity index (χ0v) is 19.0. The maximum atomic E-state index is 12.6. The number of hydrogen-bond donors (Lipinski definition) is 3. The fourth-order valence-corrected chi connectivity index (χ4v) is 2.25. The Labute approximate surface area is 183 Å². The molecule has 0 aliphatic heterocycles. The van der Waals surface area contributed by atoms with E-state index in [0.717, 1.165) is 0 Å². The third-order valence-electron chi connectivity index (χ3n) is 3.74. The second-order valence-electron chi connectivity index (χ2n) is 7.71. The first-order valence-electron chi connectivity index (χ1n) is 9.92. The van der Waals surface area contributed by atoms with Crippen LogP contribution in [0.25, 0.3) is 0 Å². The van der Waals surface area contributed by atoms with Crippen molar-refractivity contribution in [2.45, 2.75) is 64.3 Å². The number of alkyl carbamates (subject to hydrolysis) is 1. The standard InChI is InChI=1S/C21H35N3O7/c1-8-10-11-15(19(27)29-7)23-17(25)14(3)22-18(26)16(13-30-12-9-2)24-20(28)31-21(4,5)6/h8-9,14-16H,1-2,10-13H2,3-7H3,(H,22,26)(H,23,25)(H,24,28)/t14-,15-,16-/m0/s1. The molecule has 176 valence electrons. The average molecular weight is 442 g/mol. The van der Waals surface area contributed by atoms with E-state index in [0.29, 0.717) is 12.8 Å². The predicted molar refractivity (Wildman–Crippen MR) is 115 cm³/mol. The molecule has 3 N–H and O–H groups in total. The van der Waals surface area contributed by atoms with Crippen LogP contribution in [-0.2, 0) is 28.6 Å². The quantitative estimate of drug-likeness (QED) is 0.222. The number of allylic oxidation sites excluding steroid dienone is 1. The van der Waals surface area contributed by atoms with Crippen molar-refractivity contribution in [1.29, 1.82) is 0 Å². The van der Waals surface area contributed by atoms with Gasteiger partial charge in [0.15, 0.2) is 0 Å². The first kappa shape index (κ1) is 28.1. The van der Waals surface area contributed by atoms with Gasteiger partial charge in [-0.25, -0.2) is 9.59 Å². The molecule has 0 aliphatic carbocycles. The van der Waals surface area contributed by atoms with Crippen molar-refractivity contribution in [2.24, 2.45) is 0 Å². The summed E-state index contributed by atoms with van der Waals surface area (Å²) in [5, 5.41) is 7.46. The lowest BCUT2D eigenvalue weighted by atomic mass is 10.1. The summed E-state index contributed by atoms with van der Waals surface area (Å²) < 4.78 is 15.1. The Bertz CT molecular complexity index is 643. The molecule has 0 aromatic heterocycles. The van der Waals surface area contributed by atoms with E-state index in [2.05, 4.69) is 33.8 Å². The molecule has 0 bridgehead atoms. The lowest BCUT2D eigenvalue weighted by Gasteiger charge is -2.24. The van der Waals surface area contributed by atoms with E-state index in [4.69, 9.17) is 9.47 Å². The monoisotopic (exact) mass is 441 g/mol. The lowest BCUT2D eigenvalue weighted by Crippen LogP contribution is -2.56. The van der Waals surface area contributed by atoms with Crippen LogP contribution in [0.15, 0.2) is 25.3 Å². The van der Waals surface area contributed by atoms with Crippen molar-refractivity contribution in [2.75, 3.05) is 20.3 Å². The van der Waals surface area contributed by atoms with Crippen molar-refractivity contribution >= 4 is 23.9 Å². The van der Waals surface area contributed by atoms with E-state index in [-0.39, 0.29) is 13.2 Å². The van der Waals surface area contributed by atoms with Gasteiger partial charge in [0.1, 0.15) is 23.7 Å². The summed E-state index contributed by atoms with van der Waals surface area (Å²) >= 11 is 0. The number of methoxy groups -OCH3 is 1. The van der Waals surface area contributed by atoms with Crippen molar-refractivity contribution in [3.63, 3.8) is 0 Å². The van der Waals surface area contributed by atoms with E-state index < -0.39 is 47.6 Å². The van der Waals surface area contributed by atoms with Gasteiger partial charge in [-0.3, -0.25) is 9.59 Å². The maximum Gasteiger partial charge on any atom is 0.408 e. The Kier molecular flexibility index (Phi) is 12.9. The van der Waals surface area contributed by atoms with Gasteiger partial charge in [-0.15, -0.1) is 13.2 Å². The van der Waals surface area contributed by atoms with Gasteiger partial charge in [0.2, 0.25) is 11.8 Å². The van der Waals surface area contributed by atoms with E-state index >= 15 is 0 Å². The van der Waals surface area contributed by atoms with Gasteiger partial charge in [-0.1, -0.05) is 12.2 Å². The van der Waals surface area contributed by atoms with Gasteiger partial charge >= 0.3 is 12.1 Å². The van der Waals surface area contributed by atoms with Crippen LogP contribution in [0.3, 0.4) is 0 Å². The Morgan fingerprint density at radius 2 is 1.61 bits per heavy atom. The molecule has 0 aromatic carbocycles. The summed E-state index contributed by atoms with van der Waals surface area (Å²) in [5.41, 5.74) is -0.755. The molecule has 0 aromatic rings. The Hall–Kier alpha value is -2.88. The van der Waals surface area contributed by atoms with E-state index in [1.165, 1.54) is 20.1 Å². The smallest absolute Gasteiger partial charge is 0.408 e. The topological polar surface area (TPSA) is 132 Å². The Morgan fingerprint density at radius 1 is 0.968 bits per heavy atom. The second kappa shape index (κ2) is 14.2. The van der Waals surface area contributed by atoms with Crippen LogP contribution in [0.4, 0.5) is 4.79 Å². The number of hydrogen-bond acceptors (Lipinski definition) is 7. The highest BCUT2D eigenvalue weighted by atomic mass is 16.6. The van der Waals surface area contributed by atoms with Gasteiger partial charge in [-0.05, 0) is 40.5 Å².